The maximum absolute atomic E-state index is 13.2. The first kappa shape index (κ1) is 23.6. The number of H-pyrrole nitrogens is 1. The number of carboxylic acids is 1. The largest absolute Gasteiger partial charge is 0.476 e. The molecule has 0 amide bonds. The maximum atomic E-state index is 13.2. The Balaban J connectivity index is 1.43. The molecule has 1 aliphatic carbocycles. The average molecular weight is 520 g/mol. The summed E-state index contributed by atoms with van der Waals surface area (Å²) in [5.41, 5.74) is 5.15. The summed E-state index contributed by atoms with van der Waals surface area (Å²) in [5.74, 6) is -1.43. The number of nitrogens with one attached hydrogen (secondary N) is 1. The zero-order valence-corrected chi connectivity index (χ0v) is 20.8. The highest BCUT2D eigenvalue weighted by molar-refractivity contribution is 7.13. The smallest absolute Gasteiger partial charge is 0.355 e. The number of carbonyl (C=O) groups is 1. The van der Waals surface area contributed by atoms with Crippen LogP contribution in [0.1, 0.15) is 49.8 Å². The summed E-state index contributed by atoms with van der Waals surface area (Å²) < 4.78 is 1.50. The first-order valence-electron chi connectivity index (χ1n) is 12.0. The second-order valence-electron chi connectivity index (χ2n) is 9.04. The summed E-state index contributed by atoms with van der Waals surface area (Å²) >= 11 is 1.25. The molecular weight excluding hydrogens is 498 g/mol. The first-order chi connectivity index (χ1) is 18.5. The van der Waals surface area contributed by atoms with Crippen LogP contribution < -0.4 is 11.2 Å². The number of aromatic carboxylic acids is 1. The molecule has 0 bridgehead atoms. The topological polar surface area (TPSA) is 105 Å². The summed E-state index contributed by atoms with van der Waals surface area (Å²) in [4.78, 5) is 44.1. The van der Waals surface area contributed by atoms with E-state index in [4.69, 9.17) is 0 Å². The fourth-order valence-corrected chi connectivity index (χ4v) is 5.68. The maximum Gasteiger partial charge on any atom is 0.355 e. The van der Waals surface area contributed by atoms with Gasteiger partial charge in [-0.15, -0.1) is 11.3 Å². The molecule has 0 radical (unpaired) electrons. The molecule has 0 spiro atoms. The molecule has 0 fully saturated rings. The molecule has 186 valence electrons. The normalized spacial score (nSPS) is 12.5. The number of hydrogen-bond donors (Lipinski definition) is 2. The molecule has 0 unspecified atom stereocenters. The van der Waals surface area contributed by atoms with Gasteiger partial charge in [-0.2, -0.15) is 0 Å². The number of benzene rings is 3. The van der Waals surface area contributed by atoms with Crippen LogP contribution in [0.2, 0.25) is 0 Å². The van der Waals surface area contributed by atoms with Crippen LogP contribution in [0, 0.1) is 0 Å². The van der Waals surface area contributed by atoms with E-state index in [2.05, 4.69) is 22.1 Å². The van der Waals surface area contributed by atoms with Crippen molar-refractivity contribution in [1.82, 2.24) is 14.5 Å². The van der Waals surface area contributed by atoms with E-state index in [0.29, 0.717) is 10.6 Å². The Bertz CT molecular complexity index is 1800. The Morgan fingerprint density at radius 3 is 2.26 bits per heavy atom. The molecular formula is C30H21N3O4S. The Morgan fingerprint density at radius 2 is 1.61 bits per heavy atom. The number of hydrogen-bond acceptors (Lipinski definition) is 5. The van der Waals surface area contributed by atoms with Gasteiger partial charge in [0.05, 0.1) is 6.54 Å². The fourth-order valence-electron chi connectivity index (χ4n) is 4.89. The summed E-state index contributed by atoms with van der Waals surface area (Å²) in [6, 6.07) is 23.4. The van der Waals surface area contributed by atoms with Gasteiger partial charge >= 0.3 is 11.7 Å². The van der Waals surface area contributed by atoms with Crippen molar-refractivity contribution in [2.75, 3.05) is 0 Å². The van der Waals surface area contributed by atoms with E-state index in [1.807, 2.05) is 72.8 Å². The molecule has 0 saturated carbocycles. The molecule has 3 aromatic carbocycles. The summed E-state index contributed by atoms with van der Waals surface area (Å²) in [6.07, 6.45) is 5.76. The minimum Gasteiger partial charge on any atom is -0.476 e. The molecule has 0 saturated heterocycles. The van der Waals surface area contributed by atoms with Crippen molar-refractivity contribution in [2.24, 2.45) is 0 Å². The van der Waals surface area contributed by atoms with Crippen molar-refractivity contribution < 1.29 is 9.90 Å². The summed E-state index contributed by atoms with van der Waals surface area (Å²) in [6.45, 7) is 0.224. The van der Waals surface area contributed by atoms with Crippen molar-refractivity contribution in [3.8, 4) is 10.6 Å². The molecule has 0 atom stereocenters. The van der Waals surface area contributed by atoms with Gasteiger partial charge in [0.15, 0.2) is 5.69 Å². The monoisotopic (exact) mass is 519 g/mol. The number of fused-ring (bicyclic) bond motifs is 2. The lowest BCUT2D eigenvalue weighted by Crippen LogP contribution is -2.33. The van der Waals surface area contributed by atoms with E-state index < -0.39 is 17.2 Å². The molecule has 8 heteroatoms. The van der Waals surface area contributed by atoms with Crippen LogP contribution in [0.15, 0.2) is 94.0 Å². The molecule has 2 N–H and O–H groups in total. The lowest BCUT2D eigenvalue weighted by atomic mass is 9.83. The summed E-state index contributed by atoms with van der Waals surface area (Å²) in [7, 11) is 0. The van der Waals surface area contributed by atoms with Gasteiger partial charge in [-0.3, -0.25) is 14.3 Å². The number of rotatable bonds is 5. The van der Waals surface area contributed by atoms with E-state index >= 15 is 0 Å². The van der Waals surface area contributed by atoms with E-state index in [0.717, 1.165) is 33.4 Å². The Labute approximate surface area is 221 Å². The third-order valence-corrected chi connectivity index (χ3v) is 7.55. The van der Waals surface area contributed by atoms with Crippen LogP contribution in [-0.2, 0) is 6.54 Å². The van der Waals surface area contributed by atoms with Gasteiger partial charge in [0.1, 0.15) is 5.01 Å². The van der Waals surface area contributed by atoms with E-state index in [1.165, 1.54) is 21.3 Å². The van der Waals surface area contributed by atoms with Gasteiger partial charge < -0.3 is 5.11 Å². The molecule has 5 aromatic rings. The van der Waals surface area contributed by atoms with Crippen LogP contribution in [0.3, 0.4) is 0 Å². The average Bonchev–Trinajstić information content (AvgIpc) is 3.36. The highest BCUT2D eigenvalue weighted by Gasteiger charge is 2.26. The third-order valence-electron chi connectivity index (χ3n) is 6.66. The highest BCUT2D eigenvalue weighted by Crippen LogP contribution is 2.37. The SMILES string of the molecule is O=C(O)c1csc(-c2cccc(Cn3cc(C4c5ccccc5C=Cc5ccccc54)c(=O)[nH]c3=O)c2)n1. The van der Waals surface area contributed by atoms with Crippen molar-refractivity contribution in [3.63, 3.8) is 0 Å². The molecule has 1 aliphatic rings. The van der Waals surface area contributed by atoms with E-state index in [1.54, 1.807) is 6.20 Å². The fraction of sp³-hybridized carbons (Fsp3) is 0.0667. The van der Waals surface area contributed by atoms with Crippen molar-refractivity contribution in [3.05, 3.63) is 144 Å². The zero-order chi connectivity index (χ0) is 26.2. The van der Waals surface area contributed by atoms with Gasteiger partial charge in [-0.05, 0) is 33.9 Å². The standard InChI is InChI=1S/C30H21N3O4S/c34-27-24(26-22-10-3-1-7-19(22)12-13-20-8-2-4-11-23(20)26)16-33(30(37)32-27)15-18-6-5-9-21(14-18)28-31-25(17-38-28)29(35)36/h1-14,16-17,26H,15H2,(H,35,36)(H,32,34,37). The first-order valence-corrected chi connectivity index (χ1v) is 12.8. The summed E-state index contributed by atoms with van der Waals surface area (Å²) in [5, 5.41) is 11.3. The Morgan fingerprint density at radius 1 is 0.921 bits per heavy atom. The molecule has 2 aromatic heterocycles. The van der Waals surface area contributed by atoms with Gasteiger partial charge in [0.2, 0.25) is 0 Å². The molecule has 0 aliphatic heterocycles. The molecule has 38 heavy (non-hydrogen) atoms. The van der Waals surface area contributed by atoms with Crippen molar-refractivity contribution in [1.29, 1.82) is 0 Å². The number of nitrogens with zero attached hydrogens (tertiary/aromatic N) is 2. The van der Waals surface area contributed by atoms with E-state index in [-0.39, 0.29) is 18.2 Å². The van der Waals surface area contributed by atoms with Gasteiger partial charge in [-0.25, -0.2) is 14.6 Å². The quantitative estimate of drug-likeness (QED) is 0.331. The highest BCUT2D eigenvalue weighted by atomic mass is 32.1. The lowest BCUT2D eigenvalue weighted by Gasteiger charge is -2.21. The molecule has 6 rings (SSSR count). The molecule has 7 nitrogen and oxygen atoms in total. The second kappa shape index (κ2) is 9.57. The van der Waals surface area contributed by atoms with Crippen LogP contribution >= 0.6 is 11.3 Å². The number of aromatic amines is 1. The number of aromatic nitrogens is 3. The minimum absolute atomic E-state index is 0.00430. The zero-order valence-electron chi connectivity index (χ0n) is 20.0. The lowest BCUT2D eigenvalue weighted by molar-refractivity contribution is 0.0691. The Kier molecular flexibility index (Phi) is 5.94. The van der Waals surface area contributed by atoms with Crippen molar-refractivity contribution >= 4 is 29.5 Å². The van der Waals surface area contributed by atoms with Gasteiger partial charge in [-0.1, -0.05) is 78.9 Å². The minimum atomic E-state index is -1.08. The van der Waals surface area contributed by atoms with Crippen LogP contribution in [0.25, 0.3) is 22.7 Å². The van der Waals surface area contributed by atoms with E-state index in [9.17, 15) is 19.5 Å². The van der Waals surface area contributed by atoms with Crippen LogP contribution in [0.4, 0.5) is 0 Å². The predicted octanol–water partition coefficient (Wildman–Crippen LogP) is 5.07. The predicted molar refractivity (Wildman–Crippen MR) is 148 cm³/mol. The second-order valence-corrected chi connectivity index (χ2v) is 9.90. The Hall–Kier alpha value is -4.82. The number of thiazole rings is 1. The van der Waals surface area contributed by atoms with Crippen LogP contribution in [-0.4, -0.2) is 25.6 Å². The third kappa shape index (κ3) is 4.31. The number of carboxylic acid groups (broad SMARTS) is 1. The van der Waals surface area contributed by atoms with Gasteiger partial charge in [0.25, 0.3) is 5.56 Å². The molecule has 2 heterocycles. The van der Waals surface area contributed by atoms with Crippen molar-refractivity contribution in [2.45, 2.75) is 12.5 Å². The van der Waals surface area contributed by atoms with Crippen LogP contribution in [0.5, 0.6) is 0 Å². The van der Waals surface area contributed by atoms with Gasteiger partial charge in [0, 0.05) is 28.6 Å².